The summed E-state index contributed by atoms with van der Waals surface area (Å²) in [6, 6.07) is 8.58. The van der Waals surface area contributed by atoms with Crippen molar-refractivity contribution >= 4 is 32.8 Å². The first kappa shape index (κ1) is 22.4. The average Bonchev–Trinajstić information content (AvgIpc) is 3.04. The van der Waals surface area contributed by atoms with Crippen molar-refractivity contribution in [1.29, 1.82) is 0 Å². The van der Waals surface area contributed by atoms with Gasteiger partial charge in [-0.3, -0.25) is 14.2 Å². The molecule has 5 heterocycles. The van der Waals surface area contributed by atoms with Crippen molar-refractivity contribution in [2.24, 2.45) is 5.92 Å². The molecule has 0 aliphatic carbocycles. The first-order chi connectivity index (χ1) is 13.7. The molecule has 4 aliphatic heterocycles. The number of carbonyl (C=O) groups is 2. The Morgan fingerprint density at radius 2 is 1.77 bits per heavy atom. The van der Waals surface area contributed by atoms with Crippen LogP contribution in [0.3, 0.4) is 0 Å². The zero-order valence-corrected chi connectivity index (χ0v) is 17.4. The second kappa shape index (κ2) is 8.46. The van der Waals surface area contributed by atoms with Crippen LogP contribution in [-0.4, -0.2) is 71.1 Å². The number of para-hydroxylation sites is 1. The minimum Gasteiger partial charge on any atom is -0.459 e. The molecule has 4 fully saturated rings. The van der Waals surface area contributed by atoms with Crippen LogP contribution in [-0.2, 0) is 19.6 Å². The van der Waals surface area contributed by atoms with Gasteiger partial charge in [-0.25, -0.2) is 4.79 Å². The average molecular weight is 439 g/mol. The number of piperidine rings is 4. The van der Waals surface area contributed by atoms with Gasteiger partial charge in [0.15, 0.2) is 0 Å². The minimum absolute atomic E-state index is 0. The molecule has 1 aromatic heterocycles. The fourth-order valence-corrected chi connectivity index (χ4v) is 4.87. The smallest absolute Gasteiger partial charge is 0.340 e. The third-order valence-corrected chi connectivity index (χ3v) is 6.00. The summed E-state index contributed by atoms with van der Waals surface area (Å²) in [7, 11) is -3.67. The number of fused-ring (bicyclic) bond motifs is 2. The van der Waals surface area contributed by atoms with E-state index in [1.165, 1.54) is 0 Å². The SMILES string of the molecule is CS(=O)(=O)O.O.O=C(O[C@@H]1C[C@@H]2C[C@@H]3C[C@H](C1)N2CC3=O)c1c[nH]c2ccccc12. The van der Waals surface area contributed by atoms with Gasteiger partial charge in [0.2, 0.25) is 0 Å². The number of nitrogens with zero attached hydrogens (tertiary/aromatic N) is 1. The quantitative estimate of drug-likeness (QED) is 0.528. The lowest BCUT2D eigenvalue weighted by molar-refractivity contribution is -0.145. The fraction of sp³-hybridized carbons (Fsp3) is 0.500. The molecule has 4 aliphatic rings. The van der Waals surface area contributed by atoms with Crippen molar-refractivity contribution in [2.75, 3.05) is 12.8 Å². The standard InChI is InChI=1S/C19H20N2O3.CH4O3S.H2O/c22-18-10-21-12-5-11(18)6-13(21)8-14(7-12)24-19(23)16-9-20-17-4-2-1-3-15(16)17;1-5(2,3)4;/h1-4,9,11-14,20H,5-8,10H2;1H3,(H,2,3,4);1H2/t11-,12+,13-,14-;;. The van der Waals surface area contributed by atoms with E-state index < -0.39 is 10.1 Å². The number of nitrogens with one attached hydrogen (secondary N) is 1. The van der Waals surface area contributed by atoms with Crippen LogP contribution in [0.15, 0.2) is 30.5 Å². The van der Waals surface area contributed by atoms with Crippen LogP contribution >= 0.6 is 0 Å². The van der Waals surface area contributed by atoms with Crippen LogP contribution in [0.1, 0.15) is 36.0 Å². The number of rotatable bonds is 2. The predicted molar refractivity (Wildman–Crippen MR) is 110 cm³/mol. The van der Waals surface area contributed by atoms with E-state index in [9.17, 15) is 18.0 Å². The normalized spacial score (nSPS) is 29.5. The van der Waals surface area contributed by atoms with Crippen LogP contribution in [0.5, 0.6) is 0 Å². The summed E-state index contributed by atoms with van der Waals surface area (Å²) in [6.07, 6.45) is 6.01. The molecule has 6 rings (SSSR count). The largest absolute Gasteiger partial charge is 0.459 e. The summed E-state index contributed by atoms with van der Waals surface area (Å²) in [4.78, 5) is 30.0. The molecule has 4 saturated heterocycles. The number of hydrogen-bond donors (Lipinski definition) is 2. The van der Waals surface area contributed by atoms with Gasteiger partial charge in [-0.2, -0.15) is 8.42 Å². The molecular formula is C20H26N2O7S. The lowest BCUT2D eigenvalue weighted by atomic mass is 9.72. The molecule has 164 valence electrons. The first-order valence-electron chi connectivity index (χ1n) is 9.67. The third kappa shape index (κ3) is 4.72. The van der Waals surface area contributed by atoms with Crippen LogP contribution in [0, 0.1) is 5.92 Å². The summed E-state index contributed by atoms with van der Waals surface area (Å²) in [5.74, 6) is 0.403. The second-order valence-corrected chi connectivity index (χ2v) is 9.56. The highest BCUT2D eigenvalue weighted by molar-refractivity contribution is 7.85. The molecule has 4 bridgehead atoms. The minimum atomic E-state index is -3.67. The highest BCUT2D eigenvalue weighted by atomic mass is 32.2. The Morgan fingerprint density at radius 1 is 1.17 bits per heavy atom. The van der Waals surface area contributed by atoms with Crippen LogP contribution in [0.25, 0.3) is 10.9 Å². The number of aromatic amines is 1. The van der Waals surface area contributed by atoms with Gasteiger partial charge in [0, 0.05) is 47.9 Å². The number of hydrogen-bond acceptors (Lipinski definition) is 6. The Labute approximate surface area is 174 Å². The molecule has 30 heavy (non-hydrogen) atoms. The summed E-state index contributed by atoms with van der Waals surface area (Å²) < 4.78 is 31.7. The molecule has 5 atom stereocenters. The van der Waals surface area contributed by atoms with E-state index in [2.05, 4.69) is 9.88 Å². The van der Waals surface area contributed by atoms with Gasteiger partial charge in [-0.15, -0.1) is 0 Å². The molecule has 4 N–H and O–H groups in total. The summed E-state index contributed by atoms with van der Waals surface area (Å²) in [6.45, 7) is 0.600. The third-order valence-electron chi connectivity index (χ3n) is 6.00. The molecule has 0 saturated carbocycles. The van der Waals surface area contributed by atoms with E-state index in [1.807, 2.05) is 24.3 Å². The van der Waals surface area contributed by atoms with Gasteiger partial charge in [0.25, 0.3) is 10.1 Å². The van der Waals surface area contributed by atoms with Gasteiger partial charge in [-0.05, 0) is 18.9 Å². The number of aromatic nitrogens is 1. The predicted octanol–water partition coefficient (Wildman–Crippen LogP) is 1.20. The molecule has 0 amide bonds. The molecule has 1 unspecified atom stereocenters. The van der Waals surface area contributed by atoms with E-state index in [1.54, 1.807) is 6.20 Å². The number of esters is 1. The Hall–Kier alpha value is -2.27. The number of ketones is 1. The second-order valence-electron chi connectivity index (χ2n) is 8.09. The summed E-state index contributed by atoms with van der Waals surface area (Å²) in [5, 5.41) is 0.909. The van der Waals surface area contributed by atoms with Crippen LogP contribution in [0.2, 0.25) is 0 Å². The molecule has 9 nitrogen and oxygen atoms in total. The lowest BCUT2D eigenvalue weighted by Crippen LogP contribution is -2.63. The van der Waals surface area contributed by atoms with Gasteiger partial charge >= 0.3 is 5.97 Å². The lowest BCUT2D eigenvalue weighted by Gasteiger charge is -2.54. The Bertz CT molecular complexity index is 1020. The van der Waals surface area contributed by atoms with Crippen LogP contribution in [0.4, 0.5) is 0 Å². The van der Waals surface area contributed by atoms with Crippen molar-refractivity contribution in [2.45, 2.75) is 43.9 Å². The number of ether oxygens (including phenoxy) is 1. The van der Waals surface area contributed by atoms with E-state index in [4.69, 9.17) is 9.29 Å². The van der Waals surface area contributed by atoms with Crippen molar-refractivity contribution in [3.05, 3.63) is 36.0 Å². The van der Waals surface area contributed by atoms with E-state index in [0.29, 0.717) is 36.2 Å². The Balaban J connectivity index is 0.000000386. The fourth-order valence-electron chi connectivity index (χ4n) is 4.87. The van der Waals surface area contributed by atoms with Crippen LogP contribution < -0.4 is 0 Å². The summed E-state index contributed by atoms with van der Waals surface area (Å²) in [5.41, 5.74) is 1.56. The number of H-pyrrole nitrogens is 1. The van der Waals surface area contributed by atoms with Crippen molar-refractivity contribution < 1.29 is 32.8 Å². The van der Waals surface area contributed by atoms with E-state index in [0.717, 1.165) is 36.6 Å². The van der Waals surface area contributed by atoms with Gasteiger partial charge in [0.05, 0.1) is 18.4 Å². The molecular weight excluding hydrogens is 412 g/mol. The highest BCUT2D eigenvalue weighted by Crippen LogP contribution is 2.42. The maximum absolute atomic E-state index is 12.6. The van der Waals surface area contributed by atoms with E-state index in [-0.39, 0.29) is 23.5 Å². The number of carbonyl (C=O) groups excluding carboxylic acids is 2. The number of benzene rings is 1. The molecule has 0 radical (unpaired) electrons. The monoisotopic (exact) mass is 438 g/mol. The van der Waals surface area contributed by atoms with Crippen molar-refractivity contribution in [1.82, 2.24) is 9.88 Å². The van der Waals surface area contributed by atoms with Gasteiger partial charge in [-0.1, -0.05) is 18.2 Å². The zero-order chi connectivity index (χ0) is 20.8. The van der Waals surface area contributed by atoms with Gasteiger partial charge < -0.3 is 15.2 Å². The van der Waals surface area contributed by atoms with Crippen molar-refractivity contribution in [3.63, 3.8) is 0 Å². The molecule has 0 spiro atoms. The van der Waals surface area contributed by atoms with E-state index >= 15 is 0 Å². The molecule has 1 aromatic carbocycles. The number of Topliss-reactive ketones (excluding diaryl/α,β-unsaturated/α-hetero) is 1. The first-order valence-corrected chi connectivity index (χ1v) is 11.5. The Morgan fingerprint density at radius 3 is 2.37 bits per heavy atom. The molecule has 10 heteroatoms. The molecule has 2 aromatic rings. The summed E-state index contributed by atoms with van der Waals surface area (Å²) >= 11 is 0. The van der Waals surface area contributed by atoms with Crippen molar-refractivity contribution in [3.8, 4) is 0 Å². The topological polar surface area (TPSA) is 148 Å². The highest BCUT2D eigenvalue weighted by Gasteiger charge is 2.49. The van der Waals surface area contributed by atoms with Gasteiger partial charge in [0.1, 0.15) is 11.9 Å². The zero-order valence-electron chi connectivity index (χ0n) is 16.6. The Kier molecular flexibility index (Phi) is 6.32. The maximum Gasteiger partial charge on any atom is 0.340 e. The maximum atomic E-state index is 12.6.